The Balaban J connectivity index is 2.31. The van der Waals surface area contributed by atoms with E-state index in [9.17, 15) is 4.79 Å². The second kappa shape index (κ2) is 4.69. The summed E-state index contributed by atoms with van der Waals surface area (Å²) in [5.74, 6) is 1.12. The highest BCUT2D eigenvalue weighted by Crippen LogP contribution is 2.52. The number of hydrogen-bond acceptors (Lipinski definition) is 3. The van der Waals surface area contributed by atoms with Gasteiger partial charge >= 0.3 is 5.97 Å². The second-order valence-electron chi connectivity index (χ2n) is 6.04. The van der Waals surface area contributed by atoms with Crippen molar-refractivity contribution in [1.82, 2.24) is 0 Å². The van der Waals surface area contributed by atoms with Crippen LogP contribution in [0.25, 0.3) is 0 Å². The summed E-state index contributed by atoms with van der Waals surface area (Å²) in [5, 5.41) is 0. The van der Waals surface area contributed by atoms with Crippen LogP contribution in [0.15, 0.2) is 11.6 Å². The number of rotatable bonds is 2. The fraction of sp³-hybridized carbons (Fsp3) is 0.800. The lowest BCUT2D eigenvalue weighted by Gasteiger charge is -2.54. The molecule has 0 aromatic rings. The fourth-order valence-corrected chi connectivity index (χ4v) is 3.81. The van der Waals surface area contributed by atoms with Gasteiger partial charge in [-0.15, -0.1) is 0 Å². The number of hydrogen-bond donors (Lipinski definition) is 0. The zero-order valence-electron chi connectivity index (χ0n) is 12.0. The lowest BCUT2D eigenvalue weighted by molar-refractivity contribution is -0.175. The van der Waals surface area contributed by atoms with Gasteiger partial charge in [-0.3, -0.25) is 4.79 Å². The van der Waals surface area contributed by atoms with Gasteiger partial charge < -0.3 is 9.47 Å². The first-order valence-corrected chi connectivity index (χ1v) is 6.82. The van der Waals surface area contributed by atoms with E-state index < -0.39 is 0 Å². The van der Waals surface area contributed by atoms with Crippen LogP contribution in [0.3, 0.4) is 0 Å². The molecule has 0 N–H and O–H groups in total. The third-order valence-electron chi connectivity index (χ3n) is 5.06. The van der Waals surface area contributed by atoms with Gasteiger partial charge in [0.05, 0.1) is 19.3 Å². The molecule has 1 fully saturated rings. The molecule has 2 aliphatic rings. The van der Waals surface area contributed by atoms with E-state index in [2.05, 4.69) is 33.8 Å². The summed E-state index contributed by atoms with van der Waals surface area (Å²) in [6.45, 7) is 11.4. The van der Waals surface area contributed by atoms with Crippen LogP contribution >= 0.6 is 0 Å². The van der Waals surface area contributed by atoms with Crippen LogP contribution < -0.4 is 0 Å². The SMILES string of the molecule is CC(=O)OCC12COC(C)C(C(C)=CC1C)[C@H]2C. The minimum Gasteiger partial charge on any atom is -0.465 e. The molecule has 0 saturated carbocycles. The Bertz CT molecular complexity index is 374. The lowest BCUT2D eigenvalue weighted by atomic mass is 9.56. The summed E-state index contributed by atoms with van der Waals surface area (Å²) in [6, 6.07) is 0. The van der Waals surface area contributed by atoms with Crippen LogP contribution in [0.1, 0.15) is 34.6 Å². The maximum Gasteiger partial charge on any atom is 0.302 e. The van der Waals surface area contributed by atoms with Crippen molar-refractivity contribution in [2.24, 2.45) is 23.2 Å². The Morgan fingerprint density at radius 2 is 2.17 bits per heavy atom. The highest BCUT2D eigenvalue weighted by molar-refractivity contribution is 5.65. The fourth-order valence-electron chi connectivity index (χ4n) is 3.81. The van der Waals surface area contributed by atoms with E-state index in [0.29, 0.717) is 31.0 Å². The molecule has 0 amide bonds. The van der Waals surface area contributed by atoms with E-state index in [1.807, 2.05) is 0 Å². The zero-order valence-corrected chi connectivity index (χ0v) is 12.0. The Kier molecular flexibility index (Phi) is 3.54. The number of fused-ring (bicyclic) bond motifs is 2. The molecule has 0 radical (unpaired) electrons. The van der Waals surface area contributed by atoms with E-state index >= 15 is 0 Å². The van der Waals surface area contributed by atoms with Gasteiger partial charge in [-0.2, -0.15) is 0 Å². The molecule has 2 bridgehead atoms. The average molecular weight is 252 g/mol. The monoisotopic (exact) mass is 252 g/mol. The van der Waals surface area contributed by atoms with Crippen molar-refractivity contribution in [2.45, 2.75) is 40.7 Å². The predicted octanol–water partition coefficient (Wildman–Crippen LogP) is 2.80. The molecule has 4 unspecified atom stereocenters. The molecule has 5 atom stereocenters. The van der Waals surface area contributed by atoms with Crippen molar-refractivity contribution in [1.29, 1.82) is 0 Å². The van der Waals surface area contributed by atoms with Crippen molar-refractivity contribution >= 4 is 5.97 Å². The Labute approximate surface area is 110 Å². The minimum absolute atomic E-state index is 0.0532. The van der Waals surface area contributed by atoms with Crippen LogP contribution in [0.2, 0.25) is 0 Å². The van der Waals surface area contributed by atoms with Crippen LogP contribution in [0.4, 0.5) is 0 Å². The molecule has 1 aliphatic heterocycles. The highest BCUT2D eigenvalue weighted by Gasteiger charge is 2.53. The molecule has 1 saturated heterocycles. The number of esters is 1. The Morgan fingerprint density at radius 3 is 2.78 bits per heavy atom. The van der Waals surface area contributed by atoms with Gasteiger partial charge in [-0.05, 0) is 25.7 Å². The number of ether oxygens (including phenoxy) is 2. The zero-order chi connectivity index (χ0) is 13.5. The Hall–Kier alpha value is -0.830. The molecular weight excluding hydrogens is 228 g/mol. The molecule has 0 aromatic heterocycles. The molecule has 3 nitrogen and oxygen atoms in total. The van der Waals surface area contributed by atoms with Crippen molar-refractivity contribution < 1.29 is 14.3 Å². The first-order valence-electron chi connectivity index (χ1n) is 6.82. The van der Waals surface area contributed by atoms with Gasteiger partial charge in [-0.25, -0.2) is 0 Å². The molecule has 2 rings (SSSR count). The largest absolute Gasteiger partial charge is 0.465 e. The van der Waals surface area contributed by atoms with Crippen molar-refractivity contribution in [3.05, 3.63) is 11.6 Å². The van der Waals surface area contributed by atoms with Crippen molar-refractivity contribution in [2.75, 3.05) is 13.2 Å². The topological polar surface area (TPSA) is 35.5 Å². The number of allylic oxidation sites excluding steroid dienone is 1. The smallest absolute Gasteiger partial charge is 0.302 e. The summed E-state index contributed by atoms with van der Waals surface area (Å²) in [6.07, 6.45) is 2.60. The summed E-state index contributed by atoms with van der Waals surface area (Å²) >= 11 is 0. The number of carbonyl (C=O) groups excluding carboxylic acids is 1. The third-order valence-corrected chi connectivity index (χ3v) is 5.06. The predicted molar refractivity (Wildman–Crippen MR) is 70.1 cm³/mol. The minimum atomic E-state index is -0.203. The van der Waals surface area contributed by atoms with Gasteiger partial charge in [0.2, 0.25) is 0 Å². The quantitative estimate of drug-likeness (QED) is 0.560. The van der Waals surface area contributed by atoms with Gasteiger partial charge in [0.25, 0.3) is 0 Å². The molecule has 18 heavy (non-hydrogen) atoms. The van der Waals surface area contributed by atoms with Crippen molar-refractivity contribution in [3.63, 3.8) is 0 Å². The van der Waals surface area contributed by atoms with Gasteiger partial charge in [0, 0.05) is 18.3 Å². The van der Waals surface area contributed by atoms with Gasteiger partial charge in [-0.1, -0.05) is 25.5 Å². The number of carbonyl (C=O) groups is 1. The molecule has 1 aliphatic carbocycles. The van der Waals surface area contributed by atoms with Crippen LogP contribution in [0, 0.1) is 23.2 Å². The normalized spacial score (nSPS) is 43.3. The molecule has 102 valence electrons. The van der Waals surface area contributed by atoms with Crippen molar-refractivity contribution in [3.8, 4) is 0 Å². The van der Waals surface area contributed by atoms with E-state index in [1.165, 1.54) is 12.5 Å². The van der Waals surface area contributed by atoms with Crippen LogP contribution in [0.5, 0.6) is 0 Å². The molecule has 0 aromatic carbocycles. The molecular formula is C15H24O3. The maximum absolute atomic E-state index is 11.1. The highest BCUT2D eigenvalue weighted by atomic mass is 16.5. The van der Waals surface area contributed by atoms with E-state index in [1.54, 1.807) is 0 Å². The summed E-state index contributed by atoms with van der Waals surface area (Å²) in [7, 11) is 0. The van der Waals surface area contributed by atoms with Crippen LogP contribution in [-0.4, -0.2) is 25.3 Å². The van der Waals surface area contributed by atoms with E-state index in [0.717, 1.165) is 0 Å². The van der Waals surface area contributed by atoms with Gasteiger partial charge in [0.1, 0.15) is 0 Å². The summed E-state index contributed by atoms with van der Waals surface area (Å²) in [5.41, 5.74) is 1.36. The van der Waals surface area contributed by atoms with E-state index in [-0.39, 0.29) is 17.5 Å². The summed E-state index contributed by atoms with van der Waals surface area (Å²) < 4.78 is 11.3. The average Bonchev–Trinajstić information content (AvgIpc) is 2.26. The Morgan fingerprint density at radius 1 is 1.50 bits per heavy atom. The molecule has 1 heterocycles. The third kappa shape index (κ3) is 1.99. The second-order valence-corrected chi connectivity index (χ2v) is 6.04. The first-order chi connectivity index (χ1) is 8.38. The maximum atomic E-state index is 11.1. The molecule has 3 heteroatoms. The first kappa shape index (κ1) is 13.6. The lowest BCUT2D eigenvalue weighted by Crippen LogP contribution is -2.56. The van der Waals surface area contributed by atoms with Crippen LogP contribution in [-0.2, 0) is 14.3 Å². The standard InChI is InChI=1S/C15H24O3/c1-9-6-10(2)15(8-18-13(5)16)7-17-12(4)14(9)11(15)3/h6,10-12,14H,7-8H2,1-5H3/t10?,11-,12?,14?,15?/m1/s1. The van der Waals surface area contributed by atoms with Gasteiger partial charge in [0.15, 0.2) is 0 Å². The molecule has 0 spiro atoms. The van der Waals surface area contributed by atoms with E-state index in [4.69, 9.17) is 9.47 Å². The summed E-state index contributed by atoms with van der Waals surface area (Å²) in [4.78, 5) is 11.1.